The average Bonchev–Trinajstić information content (AvgIpc) is 2.94. The Morgan fingerprint density at radius 1 is 1.07 bits per heavy atom. The molecule has 0 aliphatic rings. The van der Waals surface area contributed by atoms with Gasteiger partial charge in [-0.1, -0.05) is 55.3 Å². The molecule has 0 aliphatic heterocycles. The van der Waals surface area contributed by atoms with Gasteiger partial charge in [0.05, 0.1) is 11.0 Å². The summed E-state index contributed by atoms with van der Waals surface area (Å²) < 4.78 is 2.29. The van der Waals surface area contributed by atoms with Crippen LogP contribution in [0.4, 0.5) is 0 Å². The zero-order chi connectivity index (χ0) is 20.0. The molecule has 4 aromatic rings. The van der Waals surface area contributed by atoms with Crippen LogP contribution in [0, 0.1) is 19.9 Å². The maximum absolute atomic E-state index is 12.1. The molecule has 0 saturated heterocycles. The van der Waals surface area contributed by atoms with Crippen molar-refractivity contribution in [1.29, 1.82) is 0 Å². The molecule has 4 rings (SSSR count). The zero-order valence-electron chi connectivity index (χ0n) is 16.8. The molecule has 3 aromatic carbocycles. The minimum Gasteiger partial charge on any atom is -0.366 e. The molecule has 3 heteroatoms. The van der Waals surface area contributed by atoms with Crippen LogP contribution in [0.25, 0.3) is 21.8 Å². The van der Waals surface area contributed by atoms with Crippen molar-refractivity contribution in [2.45, 2.75) is 40.2 Å². The molecule has 141 valence electrons. The Kier molecular flexibility index (Phi) is 4.46. The molecular weight excluding hydrogens is 344 g/mol. The van der Waals surface area contributed by atoms with Crippen molar-refractivity contribution in [2.24, 2.45) is 5.73 Å². The second-order valence-electron chi connectivity index (χ2n) is 7.99. The molecule has 1 radical (unpaired) electrons. The first-order valence-corrected chi connectivity index (χ1v) is 9.68. The second kappa shape index (κ2) is 6.83. The molecule has 1 heterocycles. The van der Waals surface area contributed by atoms with Crippen molar-refractivity contribution in [3.8, 4) is 0 Å². The number of aryl methyl sites for hydroxylation is 2. The number of benzene rings is 3. The lowest BCUT2D eigenvalue weighted by Crippen LogP contribution is -2.11. The molecule has 0 saturated carbocycles. The van der Waals surface area contributed by atoms with E-state index in [-0.39, 0.29) is 0 Å². The normalized spacial score (nSPS) is 11.6. The summed E-state index contributed by atoms with van der Waals surface area (Å²) in [6.07, 6.45) is 0. The molecule has 2 N–H and O–H groups in total. The minimum absolute atomic E-state index is 0.405. The quantitative estimate of drug-likeness (QED) is 0.508. The lowest BCUT2D eigenvalue weighted by atomic mass is 10.00. The smallest absolute Gasteiger partial charge is 0.249 e. The highest BCUT2D eigenvalue weighted by Gasteiger charge is 2.17. The van der Waals surface area contributed by atoms with E-state index in [0.29, 0.717) is 11.5 Å². The van der Waals surface area contributed by atoms with Gasteiger partial charge in [0, 0.05) is 22.9 Å². The van der Waals surface area contributed by atoms with Crippen LogP contribution in [0.2, 0.25) is 0 Å². The van der Waals surface area contributed by atoms with Gasteiger partial charge < -0.3 is 10.3 Å². The first-order valence-electron chi connectivity index (χ1n) is 9.68. The molecule has 0 aliphatic carbocycles. The van der Waals surface area contributed by atoms with E-state index in [9.17, 15) is 4.79 Å². The van der Waals surface area contributed by atoms with Crippen LogP contribution in [0.5, 0.6) is 0 Å². The van der Waals surface area contributed by atoms with Crippen LogP contribution in [-0.2, 0) is 6.54 Å². The van der Waals surface area contributed by atoms with Crippen LogP contribution in [0.15, 0.2) is 48.5 Å². The number of aromatic nitrogens is 1. The molecule has 0 bridgehead atoms. The Morgan fingerprint density at radius 3 is 2.43 bits per heavy atom. The standard InChI is InChI=1S/C25H25N2O/c1-15(2)19-8-9-20-23(13-19)27(14-18-11-16(3)10-17(4)12-18)22-7-5-6-21(24(20)22)25(26)28/h5-8,10-13,15H,14H2,1-4H3,(H2,26,28). The van der Waals surface area contributed by atoms with Gasteiger partial charge in [-0.05, 0) is 55.2 Å². The Morgan fingerprint density at radius 2 is 1.79 bits per heavy atom. The fourth-order valence-electron chi connectivity index (χ4n) is 4.12. The van der Waals surface area contributed by atoms with Crippen LogP contribution in [0.1, 0.15) is 52.4 Å². The van der Waals surface area contributed by atoms with Gasteiger partial charge in [-0.25, -0.2) is 0 Å². The predicted octanol–water partition coefficient (Wildman–Crippen LogP) is 5.48. The topological polar surface area (TPSA) is 48.0 Å². The summed E-state index contributed by atoms with van der Waals surface area (Å²) in [5, 5.41) is 1.85. The van der Waals surface area contributed by atoms with E-state index >= 15 is 0 Å². The lowest BCUT2D eigenvalue weighted by molar-refractivity contribution is 0.100. The molecular formula is C25H25N2O. The number of nitrogens with zero attached hydrogens (tertiary/aromatic N) is 1. The summed E-state index contributed by atoms with van der Waals surface area (Å²) in [5.74, 6) is 0.00123. The van der Waals surface area contributed by atoms with Crippen molar-refractivity contribution < 1.29 is 4.79 Å². The van der Waals surface area contributed by atoms with Crippen LogP contribution < -0.4 is 5.73 Å². The van der Waals surface area contributed by atoms with Gasteiger partial charge in [-0.3, -0.25) is 4.79 Å². The van der Waals surface area contributed by atoms with Gasteiger partial charge in [0.2, 0.25) is 5.91 Å². The van der Waals surface area contributed by atoms with Crippen molar-refractivity contribution in [1.82, 2.24) is 4.57 Å². The van der Waals surface area contributed by atoms with E-state index < -0.39 is 5.91 Å². The number of fused-ring (bicyclic) bond motifs is 3. The van der Waals surface area contributed by atoms with Crippen LogP contribution in [0.3, 0.4) is 0 Å². The van der Waals surface area contributed by atoms with Gasteiger partial charge >= 0.3 is 0 Å². The SMILES string of the molecule is Cc1cc(C)cc(Cn2c3cc(C(C)C)c[c]c3c3c(C(N)=O)cccc32)c1. The molecule has 0 atom stereocenters. The van der Waals surface area contributed by atoms with Crippen LogP contribution in [-0.4, -0.2) is 10.5 Å². The Hall–Kier alpha value is -3.07. The summed E-state index contributed by atoms with van der Waals surface area (Å²) in [6, 6.07) is 20.1. The monoisotopic (exact) mass is 369 g/mol. The number of carbonyl (C=O) groups is 1. The number of carbonyl (C=O) groups excluding carboxylic acids is 1. The van der Waals surface area contributed by atoms with Gasteiger partial charge in [-0.15, -0.1) is 0 Å². The zero-order valence-corrected chi connectivity index (χ0v) is 16.8. The third-order valence-electron chi connectivity index (χ3n) is 5.37. The number of amides is 1. The first-order chi connectivity index (χ1) is 13.3. The lowest BCUT2D eigenvalue weighted by Gasteiger charge is -2.11. The van der Waals surface area contributed by atoms with Crippen LogP contribution >= 0.6 is 0 Å². The minimum atomic E-state index is -0.405. The van der Waals surface area contributed by atoms with E-state index in [1.54, 1.807) is 6.07 Å². The summed E-state index contributed by atoms with van der Waals surface area (Å²) in [7, 11) is 0. The number of primary amides is 1. The van der Waals surface area contributed by atoms with Gasteiger partial charge in [0.1, 0.15) is 0 Å². The summed E-state index contributed by atoms with van der Waals surface area (Å²) in [6.45, 7) is 9.35. The third kappa shape index (κ3) is 3.07. The summed E-state index contributed by atoms with van der Waals surface area (Å²) in [4.78, 5) is 12.1. The van der Waals surface area contributed by atoms with Crippen molar-refractivity contribution in [3.05, 3.63) is 82.4 Å². The number of hydrogen-bond donors (Lipinski definition) is 1. The number of nitrogens with two attached hydrogens (primary N) is 1. The van der Waals surface area contributed by atoms with Crippen molar-refractivity contribution >= 4 is 27.7 Å². The maximum Gasteiger partial charge on any atom is 0.249 e. The summed E-state index contributed by atoms with van der Waals surface area (Å²) >= 11 is 0. The molecule has 3 nitrogen and oxygen atoms in total. The van der Waals surface area contributed by atoms with E-state index in [2.05, 4.69) is 68.7 Å². The summed E-state index contributed by atoms with van der Waals surface area (Å²) in [5.41, 5.74) is 13.3. The highest BCUT2D eigenvalue weighted by Crippen LogP contribution is 2.34. The van der Waals surface area contributed by atoms with Gasteiger partial charge in [0.15, 0.2) is 0 Å². The van der Waals surface area contributed by atoms with Gasteiger partial charge in [-0.2, -0.15) is 0 Å². The Labute approximate surface area is 165 Å². The molecule has 0 spiro atoms. The van der Waals surface area contributed by atoms with Crippen molar-refractivity contribution in [3.63, 3.8) is 0 Å². The molecule has 1 amide bonds. The van der Waals surface area contributed by atoms with Gasteiger partial charge in [0.25, 0.3) is 0 Å². The molecule has 1 aromatic heterocycles. The predicted molar refractivity (Wildman–Crippen MR) is 116 cm³/mol. The second-order valence-corrected chi connectivity index (χ2v) is 7.99. The Balaban J connectivity index is 2.05. The average molecular weight is 369 g/mol. The fourth-order valence-corrected chi connectivity index (χ4v) is 4.12. The number of hydrogen-bond acceptors (Lipinski definition) is 1. The highest BCUT2D eigenvalue weighted by atomic mass is 16.1. The fraction of sp³-hybridized carbons (Fsp3) is 0.240. The largest absolute Gasteiger partial charge is 0.366 e. The van der Waals surface area contributed by atoms with E-state index in [0.717, 1.165) is 28.4 Å². The van der Waals surface area contributed by atoms with E-state index in [4.69, 9.17) is 5.73 Å². The molecule has 0 fully saturated rings. The maximum atomic E-state index is 12.1. The molecule has 28 heavy (non-hydrogen) atoms. The van der Waals surface area contributed by atoms with E-state index in [1.165, 1.54) is 22.3 Å². The highest BCUT2D eigenvalue weighted by molar-refractivity contribution is 6.17. The Bertz CT molecular complexity index is 1190. The van der Waals surface area contributed by atoms with E-state index in [1.807, 2.05) is 12.1 Å². The first kappa shape index (κ1) is 18.3. The molecule has 0 unspecified atom stereocenters. The third-order valence-corrected chi connectivity index (χ3v) is 5.37. The van der Waals surface area contributed by atoms with Crippen molar-refractivity contribution in [2.75, 3.05) is 0 Å². The number of rotatable bonds is 4.